The van der Waals surface area contributed by atoms with Crippen LogP contribution in [-0.4, -0.2) is 4.98 Å². The first kappa shape index (κ1) is 9.72. The number of aromatic nitrogens is 1. The van der Waals surface area contributed by atoms with Gasteiger partial charge in [0.15, 0.2) is 0 Å². The predicted octanol–water partition coefficient (Wildman–Crippen LogP) is 3.31. The van der Waals surface area contributed by atoms with E-state index < -0.39 is 0 Å². The maximum absolute atomic E-state index is 4.51. The molecule has 1 aromatic rings. The van der Waals surface area contributed by atoms with Crippen molar-refractivity contribution in [1.29, 1.82) is 0 Å². The lowest BCUT2D eigenvalue weighted by molar-refractivity contribution is 0.595. The third-order valence-electron chi connectivity index (χ3n) is 1.82. The van der Waals surface area contributed by atoms with Gasteiger partial charge in [0.1, 0.15) is 0 Å². The molecule has 2 heteroatoms. The van der Waals surface area contributed by atoms with Crippen molar-refractivity contribution in [3.05, 3.63) is 15.6 Å². The Morgan fingerprint density at radius 3 is 2.25 bits per heavy atom. The van der Waals surface area contributed by atoms with Crippen LogP contribution in [0.5, 0.6) is 0 Å². The van der Waals surface area contributed by atoms with Crippen molar-refractivity contribution in [2.24, 2.45) is 0 Å². The molecule has 1 nitrogen and oxygen atoms in total. The number of hydrogen-bond acceptors (Lipinski definition) is 2. The van der Waals surface area contributed by atoms with E-state index in [2.05, 4.69) is 39.6 Å². The van der Waals surface area contributed by atoms with Gasteiger partial charge in [0.05, 0.1) is 10.7 Å². The Balaban J connectivity index is 3.13. The Labute approximate surface area is 78.8 Å². The molecule has 0 spiro atoms. The van der Waals surface area contributed by atoms with Crippen molar-refractivity contribution in [3.63, 3.8) is 0 Å². The molecule has 0 aliphatic heterocycles. The lowest BCUT2D eigenvalue weighted by Gasteiger charge is -2.17. The van der Waals surface area contributed by atoms with Crippen molar-refractivity contribution in [1.82, 2.24) is 4.98 Å². The van der Waals surface area contributed by atoms with E-state index in [0.717, 1.165) is 6.42 Å². The van der Waals surface area contributed by atoms with Crippen LogP contribution in [0.1, 0.15) is 43.3 Å². The monoisotopic (exact) mass is 183 g/mol. The molecule has 12 heavy (non-hydrogen) atoms. The van der Waals surface area contributed by atoms with Crippen molar-refractivity contribution >= 4 is 11.3 Å². The summed E-state index contributed by atoms with van der Waals surface area (Å²) >= 11 is 1.83. The second-order valence-electron chi connectivity index (χ2n) is 4.11. The minimum absolute atomic E-state index is 0.261. The number of nitrogens with zero attached hydrogens (tertiary/aromatic N) is 1. The molecular weight excluding hydrogens is 166 g/mol. The van der Waals surface area contributed by atoms with E-state index in [1.807, 2.05) is 11.3 Å². The van der Waals surface area contributed by atoms with E-state index in [1.165, 1.54) is 15.6 Å². The van der Waals surface area contributed by atoms with Gasteiger partial charge in [-0.1, -0.05) is 27.7 Å². The number of thiazole rings is 1. The van der Waals surface area contributed by atoms with Gasteiger partial charge in [0, 0.05) is 4.88 Å². The van der Waals surface area contributed by atoms with Crippen molar-refractivity contribution in [2.45, 2.75) is 46.5 Å². The third kappa shape index (κ3) is 1.86. The molecule has 0 saturated heterocycles. The summed E-state index contributed by atoms with van der Waals surface area (Å²) in [5, 5.41) is 1.19. The van der Waals surface area contributed by atoms with Crippen molar-refractivity contribution in [2.75, 3.05) is 0 Å². The van der Waals surface area contributed by atoms with Gasteiger partial charge >= 0.3 is 0 Å². The van der Waals surface area contributed by atoms with Gasteiger partial charge in [-0.15, -0.1) is 11.3 Å². The first-order valence-electron chi connectivity index (χ1n) is 4.42. The van der Waals surface area contributed by atoms with Gasteiger partial charge < -0.3 is 0 Å². The fourth-order valence-electron chi connectivity index (χ4n) is 1.30. The second kappa shape index (κ2) is 3.17. The highest BCUT2D eigenvalue weighted by atomic mass is 32.1. The largest absolute Gasteiger partial charge is 0.246 e. The molecule has 0 atom stereocenters. The summed E-state index contributed by atoms with van der Waals surface area (Å²) in [6, 6.07) is 0. The van der Waals surface area contributed by atoms with Gasteiger partial charge in [-0.05, 0) is 18.8 Å². The summed E-state index contributed by atoms with van der Waals surface area (Å²) in [6.07, 6.45) is 1.05. The molecule has 0 aliphatic carbocycles. The second-order valence-corrected chi connectivity index (χ2v) is 5.32. The van der Waals surface area contributed by atoms with Gasteiger partial charge in [-0.2, -0.15) is 0 Å². The Morgan fingerprint density at radius 1 is 1.33 bits per heavy atom. The Hall–Kier alpha value is -0.370. The van der Waals surface area contributed by atoms with Gasteiger partial charge in [-0.3, -0.25) is 0 Å². The molecule has 0 radical (unpaired) electrons. The Bertz CT molecular complexity index is 268. The van der Waals surface area contributed by atoms with Crippen LogP contribution in [0.15, 0.2) is 0 Å². The van der Waals surface area contributed by atoms with E-state index in [9.17, 15) is 0 Å². The average Bonchev–Trinajstić information content (AvgIpc) is 2.29. The summed E-state index contributed by atoms with van der Waals surface area (Å²) in [5.41, 5.74) is 1.54. The first-order valence-corrected chi connectivity index (χ1v) is 5.23. The minimum atomic E-state index is 0.261. The fourth-order valence-corrected chi connectivity index (χ4v) is 2.36. The van der Waals surface area contributed by atoms with Crippen LogP contribution in [0.4, 0.5) is 0 Å². The maximum atomic E-state index is 4.51. The van der Waals surface area contributed by atoms with Crippen LogP contribution < -0.4 is 0 Å². The van der Waals surface area contributed by atoms with E-state index in [0.29, 0.717) is 0 Å². The summed E-state index contributed by atoms with van der Waals surface area (Å²) in [4.78, 5) is 5.96. The Morgan fingerprint density at radius 2 is 1.92 bits per heavy atom. The molecule has 0 aliphatic rings. The lowest BCUT2D eigenvalue weighted by atomic mass is 9.93. The van der Waals surface area contributed by atoms with Gasteiger partial charge in [0.2, 0.25) is 0 Å². The van der Waals surface area contributed by atoms with E-state index >= 15 is 0 Å². The molecule has 1 rings (SSSR count). The number of hydrogen-bond donors (Lipinski definition) is 0. The summed E-state index contributed by atoms with van der Waals surface area (Å²) < 4.78 is 0. The third-order valence-corrected chi connectivity index (χ3v) is 3.26. The normalized spacial score (nSPS) is 12.1. The summed E-state index contributed by atoms with van der Waals surface area (Å²) in [6.45, 7) is 11.0. The zero-order valence-electron chi connectivity index (χ0n) is 8.56. The molecule has 0 amide bonds. The first-order chi connectivity index (χ1) is 5.45. The van der Waals surface area contributed by atoms with Crippen molar-refractivity contribution in [3.8, 4) is 0 Å². The van der Waals surface area contributed by atoms with Crippen LogP contribution >= 0.6 is 11.3 Å². The van der Waals surface area contributed by atoms with Crippen LogP contribution in [0.2, 0.25) is 0 Å². The lowest BCUT2D eigenvalue weighted by Crippen LogP contribution is -2.11. The standard InChI is InChI=1S/C10H17NS/c1-6-8-9(10(3,4)5)12-7(2)11-8/h6H2,1-5H3. The summed E-state index contributed by atoms with van der Waals surface area (Å²) in [5.74, 6) is 0. The number of aryl methyl sites for hydroxylation is 2. The quantitative estimate of drug-likeness (QED) is 0.651. The average molecular weight is 183 g/mol. The van der Waals surface area contributed by atoms with Crippen LogP contribution in [0.25, 0.3) is 0 Å². The highest BCUT2D eigenvalue weighted by Crippen LogP contribution is 2.31. The van der Waals surface area contributed by atoms with Crippen LogP contribution in [0.3, 0.4) is 0 Å². The summed E-state index contributed by atoms with van der Waals surface area (Å²) in [7, 11) is 0. The molecule has 0 N–H and O–H groups in total. The molecule has 1 aromatic heterocycles. The Kier molecular flexibility index (Phi) is 2.57. The zero-order chi connectivity index (χ0) is 9.35. The molecule has 68 valence electrons. The highest BCUT2D eigenvalue weighted by Gasteiger charge is 2.20. The molecule has 0 aromatic carbocycles. The molecular formula is C10H17NS. The maximum Gasteiger partial charge on any atom is 0.0900 e. The predicted molar refractivity (Wildman–Crippen MR) is 54.9 cm³/mol. The van der Waals surface area contributed by atoms with Crippen LogP contribution in [0, 0.1) is 6.92 Å². The molecule has 0 bridgehead atoms. The molecule has 0 fully saturated rings. The smallest absolute Gasteiger partial charge is 0.0900 e. The highest BCUT2D eigenvalue weighted by molar-refractivity contribution is 7.11. The molecule has 0 saturated carbocycles. The van der Waals surface area contributed by atoms with E-state index in [1.54, 1.807) is 0 Å². The number of rotatable bonds is 1. The fraction of sp³-hybridized carbons (Fsp3) is 0.700. The van der Waals surface area contributed by atoms with Crippen LogP contribution in [-0.2, 0) is 11.8 Å². The van der Waals surface area contributed by atoms with Gasteiger partial charge in [-0.25, -0.2) is 4.98 Å². The SMILES string of the molecule is CCc1nc(C)sc1C(C)(C)C. The van der Waals surface area contributed by atoms with Gasteiger partial charge in [0.25, 0.3) is 0 Å². The zero-order valence-corrected chi connectivity index (χ0v) is 9.38. The van der Waals surface area contributed by atoms with E-state index in [-0.39, 0.29) is 5.41 Å². The molecule has 0 unspecified atom stereocenters. The van der Waals surface area contributed by atoms with Crippen molar-refractivity contribution < 1.29 is 0 Å². The van der Waals surface area contributed by atoms with E-state index in [4.69, 9.17) is 0 Å². The molecule has 1 heterocycles. The topological polar surface area (TPSA) is 12.9 Å². The minimum Gasteiger partial charge on any atom is -0.246 e.